The van der Waals surface area contributed by atoms with Crippen molar-refractivity contribution in [3.63, 3.8) is 0 Å². The van der Waals surface area contributed by atoms with Crippen molar-refractivity contribution in [1.82, 2.24) is 9.36 Å². The van der Waals surface area contributed by atoms with Crippen LogP contribution in [-0.2, 0) is 0 Å². The molecule has 118 valence electrons. The fraction of sp³-hybridized carbons (Fsp3) is 0.467. The Hall–Kier alpha value is -1.60. The molecular weight excluding hydrogens is 308 g/mol. The van der Waals surface area contributed by atoms with Crippen molar-refractivity contribution >= 4 is 16.7 Å². The van der Waals surface area contributed by atoms with Crippen molar-refractivity contribution in [2.24, 2.45) is 5.92 Å². The minimum atomic E-state index is -0.725. The van der Waals surface area contributed by atoms with Gasteiger partial charge in [0.05, 0.1) is 5.60 Å². The first-order valence-electron chi connectivity index (χ1n) is 7.15. The van der Waals surface area contributed by atoms with Crippen molar-refractivity contribution in [1.29, 1.82) is 0 Å². The monoisotopic (exact) mass is 325 g/mol. The minimum absolute atomic E-state index is 0.155. The van der Waals surface area contributed by atoms with E-state index in [2.05, 4.69) is 9.36 Å². The van der Waals surface area contributed by atoms with E-state index in [1.807, 2.05) is 18.7 Å². The van der Waals surface area contributed by atoms with Gasteiger partial charge in [0, 0.05) is 36.3 Å². The van der Waals surface area contributed by atoms with Crippen LogP contribution in [0.3, 0.4) is 0 Å². The van der Waals surface area contributed by atoms with Crippen LogP contribution in [0, 0.1) is 17.6 Å². The van der Waals surface area contributed by atoms with Crippen molar-refractivity contribution in [3.8, 4) is 11.4 Å². The maximum absolute atomic E-state index is 13.3. The van der Waals surface area contributed by atoms with Crippen LogP contribution >= 0.6 is 11.5 Å². The Morgan fingerprint density at radius 3 is 2.55 bits per heavy atom. The van der Waals surface area contributed by atoms with Gasteiger partial charge in [-0.3, -0.25) is 0 Å². The SMILES string of the molecule is CC(C)C1(O)CCN(c2nc(-c3cc(F)cc(F)c3)ns2)C1. The molecule has 1 aromatic heterocycles. The second-order valence-electron chi connectivity index (χ2n) is 5.99. The average Bonchev–Trinajstić information content (AvgIpc) is 3.04. The molecule has 1 saturated heterocycles. The summed E-state index contributed by atoms with van der Waals surface area (Å²) in [4.78, 5) is 6.33. The Labute approximate surface area is 131 Å². The molecule has 1 aromatic carbocycles. The maximum Gasteiger partial charge on any atom is 0.205 e. The molecule has 22 heavy (non-hydrogen) atoms. The molecule has 1 unspecified atom stereocenters. The topological polar surface area (TPSA) is 49.2 Å². The Morgan fingerprint density at radius 2 is 1.95 bits per heavy atom. The number of anilines is 1. The average molecular weight is 325 g/mol. The largest absolute Gasteiger partial charge is 0.388 e. The van der Waals surface area contributed by atoms with Crippen molar-refractivity contribution in [2.45, 2.75) is 25.9 Å². The molecule has 0 radical (unpaired) electrons. The van der Waals surface area contributed by atoms with E-state index in [0.29, 0.717) is 36.0 Å². The zero-order valence-corrected chi connectivity index (χ0v) is 13.2. The summed E-state index contributed by atoms with van der Waals surface area (Å²) >= 11 is 1.17. The van der Waals surface area contributed by atoms with Gasteiger partial charge in [0.1, 0.15) is 11.6 Å². The van der Waals surface area contributed by atoms with Gasteiger partial charge in [-0.15, -0.1) is 0 Å². The summed E-state index contributed by atoms with van der Waals surface area (Å²) in [5.74, 6) is -0.844. The van der Waals surface area contributed by atoms with Gasteiger partial charge in [0.25, 0.3) is 0 Å². The number of rotatable bonds is 3. The van der Waals surface area contributed by atoms with Crippen LogP contribution in [0.5, 0.6) is 0 Å². The third kappa shape index (κ3) is 2.83. The first-order valence-corrected chi connectivity index (χ1v) is 7.92. The summed E-state index contributed by atoms with van der Waals surface area (Å²) < 4.78 is 30.7. The number of hydrogen-bond acceptors (Lipinski definition) is 5. The molecule has 1 fully saturated rings. The van der Waals surface area contributed by atoms with E-state index >= 15 is 0 Å². The van der Waals surface area contributed by atoms with Crippen molar-refractivity contribution in [2.75, 3.05) is 18.0 Å². The molecule has 0 bridgehead atoms. The van der Waals surface area contributed by atoms with E-state index in [9.17, 15) is 13.9 Å². The van der Waals surface area contributed by atoms with E-state index in [1.54, 1.807) is 0 Å². The second kappa shape index (κ2) is 5.55. The fourth-order valence-corrected chi connectivity index (χ4v) is 3.31. The summed E-state index contributed by atoms with van der Waals surface area (Å²) in [5.41, 5.74) is -0.408. The van der Waals surface area contributed by atoms with Gasteiger partial charge in [-0.2, -0.15) is 9.36 Å². The highest BCUT2D eigenvalue weighted by molar-refractivity contribution is 7.09. The van der Waals surface area contributed by atoms with Gasteiger partial charge >= 0.3 is 0 Å². The first kappa shape index (κ1) is 15.3. The third-order valence-corrected chi connectivity index (χ3v) is 4.94. The molecule has 2 aromatic rings. The molecule has 4 nitrogen and oxygen atoms in total. The number of aromatic nitrogens is 2. The zero-order valence-electron chi connectivity index (χ0n) is 12.4. The van der Waals surface area contributed by atoms with E-state index in [1.165, 1.54) is 23.7 Å². The second-order valence-corrected chi connectivity index (χ2v) is 6.72. The minimum Gasteiger partial charge on any atom is -0.388 e. The predicted octanol–water partition coefficient (Wildman–Crippen LogP) is 3.08. The van der Waals surface area contributed by atoms with E-state index in [4.69, 9.17) is 0 Å². The highest BCUT2D eigenvalue weighted by Gasteiger charge is 2.39. The molecule has 1 aliphatic heterocycles. The molecule has 2 heterocycles. The summed E-state index contributed by atoms with van der Waals surface area (Å²) in [6.07, 6.45) is 0.675. The molecule has 1 aliphatic rings. The van der Waals surface area contributed by atoms with Crippen LogP contribution in [0.1, 0.15) is 20.3 Å². The lowest BCUT2D eigenvalue weighted by atomic mass is 9.90. The number of aliphatic hydroxyl groups is 1. The number of nitrogens with zero attached hydrogens (tertiary/aromatic N) is 3. The van der Waals surface area contributed by atoms with Crippen LogP contribution < -0.4 is 4.90 Å². The third-order valence-electron chi connectivity index (χ3n) is 4.16. The Morgan fingerprint density at radius 1 is 1.27 bits per heavy atom. The highest BCUT2D eigenvalue weighted by Crippen LogP contribution is 2.34. The van der Waals surface area contributed by atoms with Crippen LogP contribution in [0.4, 0.5) is 13.9 Å². The van der Waals surface area contributed by atoms with Gasteiger partial charge in [0.2, 0.25) is 5.13 Å². The summed E-state index contributed by atoms with van der Waals surface area (Å²) in [7, 11) is 0. The zero-order chi connectivity index (χ0) is 15.9. The summed E-state index contributed by atoms with van der Waals surface area (Å²) in [6.45, 7) is 5.17. The van der Waals surface area contributed by atoms with Gasteiger partial charge in [-0.05, 0) is 24.5 Å². The lowest BCUT2D eigenvalue weighted by molar-refractivity contribution is 0.0168. The summed E-state index contributed by atoms with van der Waals surface area (Å²) in [5, 5.41) is 11.2. The smallest absolute Gasteiger partial charge is 0.205 e. The number of β-amino-alcohol motifs (C(OH)–C–C–N with tert-alkyl or cyclic N) is 1. The Kier molecular flexibility index (Phi) is 3.86. The van der Waals surface area contributed by atoms with E-state index in [0.717, 1.165) is 6.07 Å². The van der Waals surface area contributed by atoms with Crippen molar-refractivity contribution < 1.29 is 13.9 Å². The van der Waals surface area contributed by atoms with Crippen LogP contribution in [0.25, 0.3) is 11.4 Å². The van der Waals surface area contributed by atoms with Crippen LogP contribution in [-0.4, -0.2) is 33.2 Å². The molecular formula is C15H17F2N3OS. The highest BCUT2D eigenvalue weighted by atomic mass is 32.1. The lowest BCUT2D eigenvalue weighted by Gasteiger charge is -2.27. The normalized spacial score (nSPS) is 21.8. The Bertz CT molecular complexity index is 671. The number of halogens is 2. The molecule has 0 saturated carbocycles. The quantitative estimate of drug-likeness (QED) is 0.942. The first-order chi connectivity index (χ1) is 10.4. The number of hydrogen-bond donors (Lipinski definition) is 1. The molecule has 0 spiro atoms. The predicted molar refractivity (Wildman–Crippen MR) is 81.9 cm³/mol. The molecule has 1 N–H and O–H groups in total. The Balaban J connectivity index is 1.83. The van der Waals surface area contributed by atoms with Crippen LogP contribution in [0.2, 0.25) is 0 Å². The van der Waals surface area contributed by atoms with E-state index < -0.39 is 17.2 Å². The molecule has 7 heteroatoms. The number of benzene rings is 1. The molecule has 3 rings (SSSR count). The lowest BCUT2D eigenvalue weighted by Crippen LogP contribution is -2.38. The standard InChI is InChI=1S/C15H17F2N3OS/c1-9(2)15(21)3-4-20(8-15)14-18-13(19-22-14)10-5-11(16)7-12(17)6-10/h5-7,9,21H,3-4,8H2,1-2H3. The van der Waals surface area contributed by atoms with E-state index in [-0.39, 0.29) is 5.92 Å². The molecule has 1 atom stereocenters. The van der Waals surface area contributed by atoms with Crippen LogP contribution in [0.15, 0.2) is 18.2 Å². The van der Waals surface area contributed by atoms with Gasteiger partial charge in [-0.1, -0.05) is 13.8 Å². The van der Waals surface area contributed by atoms with Crippen molar-refractivity contribution in [3.05, 3.63) is 29.8 Å². The molecule has 0 aliphatic carbocycles. The molecule has 0 amide bonds. The van der Waals surface area contributed by atoms with Gasteiger partial charge in [0.15, 0.2) is 5.82 Å². The maximum atomic E-state index is 13.3. The fourth-order valence-electron chi connectivity index (χ4n) is 2.60. The van der Waals surface area contributed by atoms with Gasteiger partial charge in [-0.25, -0.2) is 8.78 Å². The van der Waals surface area contributed by atoms with Gasteiger partial charge < -0.3 is 10.0 Å². The summed E-state index contributed by atoms with van der Waals surface area (Å²) in [6, 6.07) is 3.24.